The van der Waals surface area contributed by atoms with E-state index in [-0.39, 0.29) is 11.9 Å². The molecule has 0 unspecified atom stereocenters. The van der Waals surface area contributed by atoms with E-state index in [2.05, 4.69) is 13.0 Å². The van der Waals surface area contributed by atoms with Gasteiger partial charge in [-0.15, -0.1) is 0 Å². The van der Waals surface area contributed by atoms with Gasteiger partial charge in [-0.3, -0.25) is 4.79 Å². The van der Waals surface area contributed by atoms with Crippen LogP contribution in [0.1, 0.15) is 28.4 Å². The largest absolute Gasteiger partial charge is 0.496 e. The summed E-state index contributed by atoms with van der Waals surface area (Å²) in [4.78, 5) is 14.8. The lowest BCUT2D eigenvalue weighted by Crippen LogP contribution is -2.35. The maximum Gasteiger partial charge on any atom is 0.258 e. The van der Waals surface area contributed by atoms with E-state index in [1.54, 1.807) is 7.11 Å². The van der Waals surface area contributed by atoms with Crippen molar-refractivity contribution in [2.24, 2.45) is 0 Å². The monoisotopic (exact) mass is 281 g/mol. The Morgan fingerprint density at radius 2 is 2.00 bits per heavy atom. The van der Waals surface area contributed by atoms with Gasteiger partial charge in [-0.05, 0) is 55.7 Å². The SMILES string of the molecule is COc1ccc(C(=O)N2c3ccccc3C[C@@H]2C)cc1C. The first-order valence-corrected chi connectivity index (χ1v) is 7.18. The molecule has 2 aromatic rings. The van der Waals surface area contributed by atoms with E-state index in [0.29, 0.717) is 5.56 Å². The molecule has 21 heavy (non-hydrogen) atoms. The summed E-state index contributed by atoms with van der Waals surface area (Å²) in [7, 11) is 1.64. The third-order valence-corrected chi connectivity index (χ3v) is 4.07. The van der Waals surface area contributed by atoms with Gasteiger partial charge >= 0.3 is 0 Å². The molecule has 3 heteroatoms. The van der Waals surface area contributed by atoms with Gasteiger partial charge in [0, 0.05) is 17.3 Å². The summed E-state index contributed by atoms with van der Waals surface area (Å²) in [6.45, 7) is 4.05. The van der Waals surface area contributed by atoms with E-state index < -0.39 is 0 Å². The fourth-order valence-electron chi connectivity index (χ4n) is 3.03. The van der Waals surface area contributed by atoms with Gasteiger partial charge in [0.05, 0.1) is 7.11 Å². The lowest BCUT2D eigenvalue weighted by atomic mass is 10.1. The predicted octanol–water partition coefficient (Wildman–Crippen LogP) is 3.60. The summed E-state index contributed by atoms with van der Waals surface area (Å²) in [5, 5.41) is 0. The lowest BCUT2D eigenvalue weighted by Gasteiger charge is -2.23. The number of ether oxygens (including phenoxy) is 1. The van der Waals surface area contributed by atoms with Crippen LogP contribution in [0.15, 0.2) is 42.5 Å². The lowest BCUT2D eigenvalue weighted by molar-refractivity contribution is 0.0981. The summed E-state index contributed by atoms with van der Waals surface area (Å²) in [6.07, 6.45) is 0.914. The first kappa shape index (κ1) is 13.7. The first-order valence-electron chi connectivity index (χ1n) is 7.18. The molecule has 0 saturated carbocycles. The zero-order valence-corrected chi connectivity index (χ0v) is 12.6. The Kier molecular flexibility index (Phi) is 3.42. The van der Waals surface area contributed by atoms with Crippen molar-refractivity contribution in [1.29, 1.82) is 0 Å². The molecular weight excluding hydrogens is 262 g/mol. The molecule has 3 rings (SSSR count). The molecule has 0 saturated heterocycles. The number of carbonyl (C=O) groups is 1. The fourth-order valence-corrected chi connectivity index (χ4v) is 3.03. The molecule has 0 N–H and O–H groups in total. The second-order valence-corrected chi connectivity index (χ2v) is 5.54. The highest BCUT2D eigenvalue weighted by molar-refractivity contribution is 6.08. The number of hydrogen-bond donors (Lipinski definition) is 0. The standard InChI is InChI=1S/C18H19NO2/c1-12-10-15(8-9-17(12)21-3)18(20)19-13(2)11-14-6-4-5-7-16(14)19/h4-10,13H,11H2,1-3H3/t13-/m0/s1. The topological polar surface area (TPSA) is 29.5 Å². The van der Waals surface area contributed by atoms with E-state index in [1.807, 2.05) is 48.2 Å². The van der Waals surface area contributed by atoms with Crippen molar-refractivity contribution in [2.45, 2.75) is 26.3 Å². The maximum absolute atomic E-state index is 12.9. The van der Waals surface area contributed by atoms with E-state index >= 15 is 0 Å². The van der Waals surface area contributed by atoms with E-state index in [9.17, 15) is 4.79 Å². The van der Waals surface area contributed by atoms with Gasteiger partial charge in [0.15, 0.2) is 0 Å². The van der Waals surface area contributed by atoms with Gasteiger partial charge in [-0.2, -0.15) is 0 Å². The van der Waals surface area contributed by atoms with Crippen LogP contribution in [0.3, 0.4) is 0 Å². The number of hydrogen-bond acceptors (Lipinski definition) is 2. The minimum absolute atomic E-state index is 0.0539. The van der Waals surface area contributed by atoms with Crippen molar-refractivity contribution in [2.75, 3.05) is 12.0 Å². The van der Waals surface area contributed by atoms with Gasteiger partial charge in [0.1, 0.15) is 5.75 Å². The highest BCUT2D eigenvalue weighted by Crippen LogP contribution is 2.33. The summed E-state index contributed by atoms with van der Waals surface area (Å²) in [5.41, 5.74) is 3.95. The van der Waals surface area contributed by atoms with Gasteiger partial charge in [-0.1, -0.05) is 18.2 Å². The molecular formula is C18H19NO2. The summed E-state index contributed by atoms with van der Waals surface area (Å²) in [6, 6.07) is 13.9. The van der Waals surface area contributed by atoms with Crippen molar-refractivity contribution in [1.82, 2.24) is 0 Å². The Morgan fingerprint density at radius 1 is 1.24 bits per heavy atom. The molecule has 1 aliphatic rings. The van der Waals surface area contributed by atoms with E-state index in [1.165, 1.54) is 5.56 Å². The van der Waals surface area contributed by atoms with Crippen LogP contribution >= 0.6 is 0 Å². The highest BCUT2D eigenvalue weighted by Gasteiger charge is 2.31. The molecule has 1 aliphatic heterocycles. The third kappa shape index (κ3) is 2.29. The molecule has 0 bridgehead atoms. The zero-order chi connectivity index (χ0) is 15.0. The molecule has 0 fully saturated rings. The summed E-state index contributed by atoms with van der Waals surface area (Å²) in [5.74, 6) is 0.861. The van der Waals surface area contributed by atoms with Gasteiger partial charge in [-0.25, -0.2) is 0 Å². The number of nitrogens with zero attached hydrogens (tertiary/aromatic N) is 1. The Balaban J connectivity index is 1.97. The molecule has 2 aromatic carbocycles. The van der Waals surface area contributed by atoms with Crippen LogP contribution in [-0.2, 0) is 6.42 Å². The normalized spacial score (nSPS) is 16.7. The van der Waals surface area contributed by atoms with Crippen LogP contribution in [0.2, 0.25) is 0 Å². The molecule has 0 aliphatic carbocycles. The van der Waals surface area contributed by atoms with Crippen LogP contribution in [0, 0.1) is 6.92 Å². The quantitative estimate of drug-likeness (QED) is 0.842. The van der Waals surface area contributed by atoms with Crippen molar-refractivity contribution in [3.63, 3.8) is 0 Å². The Bertz CT molecular complexity index is 693. The minimum atomic E-state index is 0.0539. The maximum atomic E-state index is 12.9. The van der Waals surface area contributed by atoms with Gasteiger partial charge in [0.25, 0.3) is 5.91 Å². The number of rotatable bonds is 2. The van der Waals surface area contributed by atoms with Crippen LogP contribution in [0.5, 0.6) is 5.75 Å². The Morgan fingerprint density at radius 3 is 2.71 bits per heavy atom. The van der Waals surface area contributed by atoms with E-state index in [4.69, 9.17) is 4.74 Å². The number of para-hydroxylation sites is 1. The predicted molar refractivity (Wildman–Crippen MR) is 84.1 cm³/mol. The average Bonchev–Trinajstić information content (AvgIpc) is 2.82. The number of amides is 1. The van der Waals surface area contributed by atoms with E-state index in [0.717, 1.165) is 23.4 Å². The number of carbonyl (C=O) groups excluding carboxylic acids is 1. The summed E-state index contributed by atoms with van der Waals surface area (Å²) < 4.78 is 5.26. The number of aryl methyl sites for hydroxylation is 1. The summed E-state index contributed by atoms with van der Waals surface area (Å²) >= 11 is 0. The van der Waals surface area contributed by atoms with Crippen molar-refractivity contribution >= 4 is 11.6 Å². The van der Waals surface area contributed by atoms with Crippen molar-refractivity contribution in [3.05, 3.63) is 59.2 Å². The molecule has 0 aromatic heterocycles. The van der Waals surface area contributed by atoms with Crippen molar-refractivity contribution < 1.29 is 9.53 Å². The molecule has 3 nitrogen and oxygen atoms in total. The number of anilines is 1. The third-order valence-electron chi connectivity index (χ3n) is 4.07. The average molecular weight is 281 g/mol. The van der Waals surface area contributed by atoms with Crippen LogP contribution in [-0.4, -0.2) is 19.1 Å². The van der Waals surface area contributed by atoms with Crippen LogP contribution in [0.4, 0.5) is 5.69 Å². The molecule has 1 atom stereocenters. The molecule has 1 heterocycles. The highest BCUT2D eigenvalue weighted by atomic mass is 16.5. The first-order chi connectivity index (χ1) is 10.1. The second-order valence-electron chi connectivity index (χ2n) is 5.54. The molecule has 108 valence electrons. The van der Waals surface area contributed by atoms with Crippen LogP contribution in [0.25, 0.3) is 0 Å². The fraction of sp³-hybridized carbons (Fsp3) is 0.278. The number of benzene rings is 2. The Labute approximate surface area is 125 Å². The smallest absolute Gasteiger partial charge is 0.258 e. The van der Waals surface area contributed by atoms with Crippen molar-refractivity contribution in [3.8, 4) is 5.75 Å². The zero-order valence-electron chi connectivity index (χ0n) is 12.6. The van der Waals surface area contributed by atoms with Gasteiger partial charge in [0.2, 0.25) is 0 Å². The Hall–Kier alpha value is -2.29. The molecule has 1 amide bonds. The minimum Gasteiger partial charge on any atom is -0.496 e. The number of fused-ring (bicyclic) bond motifs is 1. The second kappa shape index (κ2) is 5.24. The van der Waals surface area contributed by atoms with Gasteiger partial charge < -0.3 is 9.64 Å². The molecule has 0 spiro atoms. The number of methoxy groups -OCH3 is 1. The van der Waals surface area contributed by atoms with Crippen LogP contribution < -0.4 is 9.64 Å². The molecule has 0 radical (unpaired) electrons.